The number of hydrogen-bond donors (Lipinski definition) is 5. The van der Waals surface area contributed by atoms with E-state index >= 15 is 0 Å². The summed E-state index contributed by atoms with van der Waals surface area (Å²) in [4.78, 5) is 20.0. The fourth-order valence-electron chi connectivity index (χ4n) is 2.98. The van der Waals surface area contributed by atoms with E-state index in [1.807, 2.05) is 0 Å². The lowest BCUT2D eigenvalue weighted by atomic mass is 10.1. The molecule has 2 unspecified atom stereocenters. The van der Waals surface area contributed by atoms with Crippen LogP contribution in [0.2, 0.25) is 0 Å². The molecule has 3 heterocycles. The quantitative estimate of drug-likeness (QED) is 0.447. The summed E-state index contributed by atoms with van der Waals surface area (Å²) < 4.78 is 6.95. The Hall–Kier alpha value is -2.27. The Bertz CT molecular complexity index is 804. The molecule has 0 bridgehead atoms. The van der Waals surface area contributed by atoms with Crippen molar-refractivity contribution in [2.45, 2.75) is 44.5 Å². The van der Waals surface area contributed by atoms with Gasteiger partial charge in [0.2, 0.25) is 0 Å². The Morgan fingerprint density at radius 3 is 2.58 bits per heavy atom. The van der Waals surface area contributed by atoms with Gasteiger partial charge in [-0.2, -0.15) is 0 Å². The molecule has 1 amide bonds. The molecule has 0 aromatic carbocycles. The highest BCUT2D eigenvalue weighted by atomic mass is 16.6. The van der Waals surface area contributed by atoms with Gasteiger partial charge < -0.3 is 36.1 Å². The van der Waals surface area contributed by atoms with E-state index in [0.29, 0.717) is 5.82 Å². The van der Waals surface area contributed by atoms with E-state index in [2.05, 4.69) is 9.97 Å². The minimum Gasteiger partial charge on any atom is -0.391 e. The molecule has 0 radical (unpaired) electrons. The lowest BCUT2D eigenvalue weighted by Gasteiger charge is -2.18. The normalized spacial score (nSPS) is 28.4. The number of primary amides is 1. The number of aromatic nitrogens is 3. The number of amides is 1. The van der Waals surface area contributed by atoms with Crippen LogP contribution in [0.3, 0.4) is 0 Å². The van der Waals surface area contributed by atoms with E-state index in [4.69, 9.17) is 16.2 Å². The van der Waals surface area contributed by atoms with E-state index < -0.39 is 36.6 Å². The number of ether oxygens (including phenoxy) is 1. The number of nitrogens with two attached hydrogens (primary N) is 2. The third-order valence-corrected chi connectivity index (χ3v) is 4.10. The standard InChI is InChI=1S/C14H19N5O5/c1-4(20)10-8(21)9(22)14(24-10)19-3-6(12(16)23)7-11(15)17-5(2)18-13(7)19/h3-4,8-10,14,20-22H,1-2H3,(H2,16,23)(H2,15,17,18)/t4?,8-,9+,10?,14+/m0/s1. The van der Waals surface area contributed by atoms with E-state index in [1.165, 1.54) is 17.7 Å². The second kappa shape index (κ2) is 5.67. The van der Waals surface area contributed by atoms with Crippen LogP contribution in [0.4, 0.5) is 5.82 Å². The molecular formula is C14H19N5O5. The molecule has 1 aliphatic rings. The molecule has 2 aromatic heterocycles. The molecule has 2 aromatic rings. The van der Waals surface area contributed by atoms with Crippen molar-refractivity contribution in [3.8, 4) is 0 Å². The molecule has 1 fully saturated rings. The molecule has 0 saturated carbocycles. The summed E-state index contributed by atoms with van der Waals surface area (Å²) in [6.07, 6.45) is -4.34. The molecule has 130 valence electrons. The second-order valence-corrected chi connectivity index (χ2v) is 5.88. The Morgan fingerprint density at radius 2 is 2.04 bits per heavy atom. The molecule has 7 N–H and O–H groups in total. The van der Waals surface area contributed by atoms with Crippen molar-refractivity contribution in [1.29, 1.82) is 0 Å². The first-order valence-corrected chi connectivity index (χ1v) is 7.36. The average Bonchev–Trinajstić information content (AvgIpc) is 2.99. The second-order valence-electron chi connectivity index (χ2n) is 5.88. The van der Waals surface area contributed by atoms with Gasteiger partial charge in [0.1, 0.15) is 35.6 Å². The van der Waals surface area contributed by atoms with Gasteiger partial charge in [0.05, 0.1) is 17.1 Å². The molecule has 1 aliphatic heterocycles. The minimum atomic E-state index is -1.34. The summed E-state index contributed by atoms with van der Waals surface area (Å²) in [5, 5.41) is 30.3. The molecule has 3 rings (SSSR count). The van der Waals surface area contributed by atoms with Crippen molar-refractivity contribution >= 4 is 22.8 Å². The van der Waals surface area contributed by atoms with Gasteiger partial charge in [-0.3, -0.25) is 4.79 Å². The number of rotatable bonds is 3. The van der Waals surface area contributed by atoms with Crippen LogP contribution in [0, 0.1) is 6.92 Å². The lowest BCUT2D eigenvalue weighted by Crippen LogP contribution is -2.37. The number of hydrogen-bond acceptors (Lipinski definition) is 8. The topological polar surface area (TPSA) is 170 Å². The van der Waals surface area contributed by atoms with Crippen molar-refractivity contribution in [2.75, 3.05) is 5.73 Å². The molecule has 10 nitrogen and oxygen atoms in total. The fourth-order valence-corrected chi connectivity index (χ4v) is 2.98. The maximum atomic E-state index is 11.7. The monoisotopic (exact) mass is 337 g/mol. The molecule has 1 saturated heterocycles. The summed E-state index contributed by atoms with van der Waals surface area (Å²) in [7, 11) is 0. The summed E-state index contributed by atoms with van der Waals surface area (Å²) in [6, 6.07) is 0. The number of nitrogen functional groups attached to an aromatic ring is 1. The summed E-state index contributed by atoms with van der Waals surface area (Å²) >= 11 is 0. The van der Waals surface area contributed by atoms with E-state index in [0.717, 1.165) is 0 Å². The number of nitrogens with zero attached hydrogens (tertiary/aromatic N) is 3. The number of fused-ring (bicyclic) bond motifs is 1. The number of aryl methyl sites for hydroxylation is 1. The van der Waals surface area contributed by atoms with Gasteiger partial charge in [-0.05, 0) is 13.8 Å². The predicted molar refractivity (Wildman–Crippen MR) is 82.8 cm³/mol. The third-order valence-electron chi connectivity index (χ3n) is 4.10. The van der Waals surface area contributed by atoms with E-state index in [-0.39, 0.29) is 22.4 Å². The van der Waals surface area contributed by atoms with Crippen molar-refractivity contribution in [3.05, 3.63) is 17.6 Å². The SMILES string of the molecule is Cc1nc(N)c2c(C(N)=O)cn([C@@H]3OC(C(C)O)[C@@H](O)[C@H]3O)c2n1. The number of carbonyl (C=O) groups is 1. The van der Waals surface area contributed by atoms with Crippen molar-refractivity contribution in [2.24, 2.45) is 5.73 Å². The Balaban J connectivity index is 2.18. The Morgan fingerprint density at radius 1 is 1.38 bits per heavy atom. The van der Waals surface area contributed by atoms with Crippen LogP contribution in [0.5, 0.6) is 0 Å². The average molecular weight is 337 g/mol. The molecule has 10 heteroatoms. The van der Waals surface area contributed by atoms with Gasteiger partial charge >= 0.3 is 0 Å². The van der Waals surface area contributed by atoms with E-state index in [9.17, 15) is 20.1 Å². The predicted octanol–water partition coefficient (Wildman–Crippen LogP) is -1.58. The van der Waals surface area contributed by atoms with Crippen LogP contribution in [0.25, 0.3) is 11.0 Å². The molecule has 24 heavy (non-hydrogen) atoms. The number of carbonyl (C=O) groups excluding carboxylic acids is 1. The van der Waals surface area contributed by atoms with Crippen molar-refractivity contribution in [1.82, 2.24) is 14.5 Å². The van der Waals surface area contributed by atoms with Crippen LogP contribution in [-0.4, -0.2) is 60.2 Å². The zero-order valence-corrected chi connectivity index (χ0v) is 13.1. The lowest BCUT2D eigenvalue weighted by molar-refractivity contribution is -0.0776. The molecule has 0 aliphatic carbocycles. The molecular weight excluding hydrogens is 318 g/mol. The van der Waals surface area contributed by atoms with Gasteiger partial charge in [0, 0.05) is 6.20 Å². The first-order chi connectivity index (χ1) is 11.2. The number of anilines is 1. The maximum Gasteiger partial charge on any atom is 0.251 e. The smallest absolute Gasteiger partial charge is 0.251 e. The van der Waals surface area contributed by atoms with E-state index in [1.54, 1.807) is 6.92 Å². The third kappa shape index (κ3) is 2.40. The highest BCUT2D eigenvalue weighted by molar-refractivity contribution is 6.08. The first-order valence-electron chi connectivity index (χ1n) is 7.36. The van der Waals surface area contributed by atoms with Crippen LogP contribution in [0.1, 0.15) is 29.3 Å². The number of aliphatic hydroxyl groups excluding tert-OH is 3. The zero-order chi connectivity index (χ0) is 17.8. The Kier molecular flexibility index (Phi) is 3.92. The van der Waals surface area contributed by atoms with Gasteiger partial charge in [-0.1, -0.05) is 0 Å². The van der Waals surface area contributed by atoms with Crippen LogP contribution in [0.15, 0.2) is 6.20 Å². The fraction of sp³-hybridized carbons (Fsp3) is 0.500. The Labute approximate surface area is 136 Å². The van der Waals surface area contributed by atoms with Gasteiger partial charge in [0.15, 0.2) is 6.23 Å². The zero-order valence-electron chi connectivity index (χ0n) is 13.1. The molecule has 5 atom stereocenters. The van der Waals surface area contributed by atoms with Crippen molar-refractivity contribution in [3.63, 3.8) is 0 Å². The highest BCUT2D eigenvalue weighted by Crippen LogP contribution is 2.35. The van der Waals surface area contributed by atoms with Gasteiger partial charge in [-0.25, -0.2) is 9.97 Å². The summed E-state index contributed by atoms with van der Waals surface area (Å²) in [5.74, 6) is -0.307. The van der Waals surface area contributed by atoms with Crippen LogP contribution >= 0.6 is 0 Å². The minimum absolute atomic E-state index is 0.0742. The van der Waals surface area contributed by atoms with Crippen LogP contribution < -0.4 is 11.5 Å². The van der Waals surface area contributed by atoms with Crippen molar-refractivity contribution < 1.29 is 24.9 Å². The molecule has 0 spiro atoms. The summed E-state index contributed by atoms with van der Waals surface area (Å²) in [5.41, 5.74) is 11.6. The largest absolute Gasteiger partial charge is 0.391 e. The maximum absolute atomic E-state index is 11.7. The first kappa shape index (κ1) is 16.6. The van der Waals surface area contributed by atoms with Gasteiger partial charge in [0.25, 0.3) is 5.91 Å². The summed E-state index contributed by atoms with van der Waals surface area (Å²) in [6.45, 7) is 3.06. The number of aliphatic hydroxyl groups is 3. The highest BCUT2D eigenvalue weighted by Gasteiger charge is 2.46. The van der Waals surface area contributed by atoms with Crippen LogP contribution in [-0.2, 0) is 4.74 Å². The van der Waals surface area contributed by atoms with Gasteiger partial charge in [-0.15, -0.1) is 0 Å².